The van der Waals surface area contributed by atoms with Crippen LogP contribution in [0.15, 0.2) is 47.3 Å². The van der Waals surface area contributed by atoms with Gasteiger partial charge < -0.3 is 20.5 Å². The topological polar surface area (TPSA) is 85.4 Å². The average Bonchev–Trinajstić information content (AvgIpc) is 2.70. The van der Waals surface area contributed by atoms with Gasteiger partial charge in [0, 0.05) is 17.1 Å². The lowest BCUT2D eigenvalue weighted by Crippen LogP contribution is -2.55. The molecule has 3 aromatic rings. The third-order valence-corrected chi connectivity index (χ3v) is 6.29. The van der Waals surface area contributed by atoms with Crippen LogP contribution in [0.5, 0.6) is 5.75 Å². The van der Waals surface area contributed by atoms with Crippen molar-refractivity contribution in [2.24, 2.45) is 0 Å². The highest BCUT2D eigenvalue weighted by Gasteiger charge is 2.62. The molecule has 0 bridgehead atoms. The van der Waals surface area contributed by atoms with E-state index in [1.54, 1.807) is 25.1 Å². The second-order valence-corrected chi connectivity index (χ2v) is 8.24. The van der Waals surface area contributed by atoms with E-state index >= 15 is 0 Å². The number of aromatic amines is 1. The van der Waals surface area contributed by atoms with Crippen LogP contribution in [0.2, 0.25) is 5.02 Å². The van der Waals surface area contributed by atoms with Crippen LogP contribution in [0, 0.1) is 0 Å². The van der Waals surface area contributed by atoms with Gasteiger partial charge in [0.2, 0.25) is 5.56 Å². The second kappa shape index (κ2) is 7.46. The Bertz CT molecular complexity index is 1210. The highest BCUT2D eigenvalue weighted by molar-refractivity contribution is 6.32. The number of aromatic hydroxyl groups is 1. The fourth-order valence-electron chi connectivity index (χ4n) is 4.37. The van der Waals surface area contributed by atoms with Crippen molar-refractivity contribution in [2.45, 2.75) is 43.5 Å². The molecule has 1 aliphatic rings. The predicted molar refractivity (Wildman–Crippen MR) is 113 cm³/mol. The smallest absolute Gasteiger partial charge is 0.419 e. The van der Waals surface area contributed by atoms with E-state index in [0.717, 1.165) is 0 Å². The minimum Gasteiger partial charge on any atom is -0.506 e. The van der Waals surface area contributed by atoms with Crippen molar-refractivity contribution in [1.82, 2.24) is 4.98 Å². The summed E-state index contributed by atoms with van der Waals surface area (Å²) in [6.45, 7) is 1.73. The SMILES string of the molecule is CCC1CC(O)(C(F)(F)F)C(Nc2cccc3[nH]c(=O)ccc23)c2cc(Cl)c(O)cc21. The number of rotatable bonds is 3. The molecule has 4 rings (SSSR count). The lowest BCUT2D eigenvalue weighted by atomic mass is 9.69. The number of pyridine rings is 1. The van der Waals surface area contributed by atoms with E-state index in [4.69, 9.17) is 11.6 Å². The number of phenolic OH excluding ortho intramolecular Hbond substituents is 1. The van der Waals surface area contributed by atoms with Crippen molar-refractivity contribution in [3.8, 4) is 5.75 Å². The number of halogens is 4. The molecule has 0 saturated heterocycles. The van der Waals surface area contributed by atoms with Crippen molar-refractivity contribution in [2.75, 3.05) is 5.32 Å². The minimum atomic E-state index is -4.93. The van der Waals surface area contributed by atoms with E-state index in [9.17, 15) is 28.2 Å². The summed E-state index contributed by atoms with van der Waals surface area (Å²) in [5, 5.41) is 24.3. The molecule has 0 fully saturated rings. The van der Waals surface area contributed by atoms with Crippen molar-refractivity contribution < 1.29 is 23.4 Å². The number of aromatic nitrogens is 1. The second-order valence-electron chi connectivity index (χ2n) is 7.83. The van der Waals surface area contributed by atoms with Crippen LogP contribution in [-0.4, -0.2) is 27.0 Å². The van der Waals surface area contributed by atoms with Crippen LogP contribution in [0.3, 0.4) is 0 Å². The molecule has 5 nitrogen and oxygen atoms in total. The van der Waals surface area contributed by atoms with Gasteiger partial charge in [0.15, 0.2) is 5.60 Å². The van der Waals surface area contributed by atoms with Crippen molar-refractivity contribution >= 4 is 28.2 Å². The summed E-state index contributed by atoms with van der Waals surface area (Å²) in [6, 6.07) is 8.65. The number of hydrogen-bond donors (Lipinski definition) is 4. The van der Waals surface area contributed by atoms with E-state index in [1.807, 2.05) is 0 Å². The summed E-state index contributed by atoms with van der Waals surface area (Å²) in [4.78, 5) is 14.3. The number of anilines is 1. The van der Waals surface area contributed by atoms with Gasteiger partial charge in [-0.2, -0.15) is 13.2 Å². The molecule has 0 radical (unpaired) electrons. The van der Waals surface area contributed by atoms with Gasteiger partial charge in [0.05, 0.1) is 16.6 Å². The van der Waals surface area contributed by atoms with E-state index in [2.05, 4.69) is 10.3 Å². The first-order valence-corrected chi connectivity index (χ1v) is 10.1. The highest BCUT2D eigenvalue weighted by atomic mass is 35.5. The first kappa shape index (κ1) is 21.5. The molecule has 1 heterocycles. The molecule has 4 N–H and O–H groups in total. The molecule has 3 unspecified atom stereocenters. The zero-order chi connectivity index (χ0) is 22.6. The van der Waals surface area contributed by atoms with Crippen LogP contribution in [0.1, 0.15) is 42.9 Å². The largest absolute Gasteiger partial charge is 0.506 e. The average molecular weight is 453 g/mol. The van der Waals surface area contributed by atoms with Gasteiger partial charge >= 0.3 is 6.18 Å². The summed E-state index contributed by atoms with van der Waals surface area (Å²) in [5.41, 5.74) is -1.99. The summed E-state index contributed by atoms with van der Waals surface area (Å²) in [5.74, 6) is -0.843. The van der Waals surface area contributed by atoms with Crippen LogP contribution in [0.4, 0.5) is 18.9 Å². The van der Waals surface area contributed by atoms with Gasteiger partial charge in [0.1, 0.15) is 5.75 Å². The summed E-state index contributed by atoms with van der Waals surface area (Å²) < 4.78 is 42.6. The van der Waals surface area contributed by atoms with E-state index in [-0.39, 0.29) is 21.9 Å². The lowest BCUT2D eigenvalue weighted by Gasteiger charge is -2.46. The molecule has 31 heavy (non-hydrogen) atoms. The number of aliphatic hydroxyl groups is 1. The third kappa shape index (κ3) is 3.53. The lowest BCUT2D eigenvalue weighted by molar-refractivity contribution is -0.272. The van der Waals surface area contributed by atoms with E-state index in [1.165, 1.54) is 24.3 Å². The molecular weight excluding hydrogens is 433 g/mol. The number of benzene rings is 2. The first-order chi connectivity index (χ1) is 14.5. The molecule has 2 aromatic carbocycles. The molecule has 0 saturated carbocycles. The Morgan fingerprint density at radius 3 is 2.65 bits per heavy atom. The Morgan fingerprint density at radius 2 is 1.97 bits per heavy atom. The van der Waals surface area contributed by atoms with Gasteiger partial charge in [0.25, 0.3) is 0 Å². The van der Waals surface area contributed by atoms with Gasteiger partial charge in [-0.15, -0.1) is 0 Å². The molecular formula is C22H20ClF3N2O3. The summed E-state index contributed by atoms with van der Waals surface area (Å²) in [6.07, 6.45) is -5.16. The zero-order valence-corrected chi connectivity index (χ0v) is 17.2. The van der Waals surface area contributed by atoms with Crippen molar-refractivity contribution in [1.29, 1.82) is 0 Å². The van der Waals surface area contributed by atoms with Crippen molar-refractivity contribution in [3.63, 3.8) is 0 Å². The maximum Gasteiger partial charge on any atom is 0.419 e. The third-order valence-electron chi connectivity index (χ3n) is 5.99. The van der Waals surface area contributed by atoms with Crippen LogP contribution in [0.25, 0.3) is 10.9 Å². The Kier molecular flexibility index (Phi) is 5.18. The van der Waals surface area contributed by atoms with Crippen LogP contribution >= 0.6 is 11.6 Å². The molecule has 164 valence electrons. The van der Waals surface area contributed by atoms with Crippen LogP contribution < -0.4 is 10.9 Å². The first-order valence-electron chi connectivity index (χ1n) is 9.75. The Hall–Kier alpha value is -2.71. The Balaban J connectivity index is 1.93. The maximum atomic E-state index is 14.2. The minimum absolute atomic E-state index is 0.103. The van der Waals surface area contributed by atoms with Crippen LogP contribution in [-0.2, 0) is 0 Å². The highest BCUT2D eigenvalue weighted by Crippen LogP contribution is 2.54. The quantitative estimate of drug-likeness (QED) is 0.438. The van der Waals surface area contributed by atoms with Gasteiger partial charge in [-0.3, -0.25) is 4.79 Å². The fraction of sp³-hybridized carbons (Fsp3) is 0.318. The predicted octanol–water partition coefficient (Wildman–Crippen LogP) is 5.23. The maximum absolute atomic E-state index is 14.2. The summed E-state index contributed by atoms with van der Waals surface area (Å²) in [7, 11) is 0. The van der Waals surface area contributed by atoms with Crippen molar-refractivity contribution in [3.05, 3.63) is 69.0 Å². The summed E-state index contributed by atoms with van der Waals surface area (Å²) >= 11 is 6.04. The standard InChI is InChI=1S/C22H20ClF3N2O3/c1-2-11-10-21(31,22(24,25)26)20(14-8-15(23)18(29)9-13(11)14)28-17-5-3-4-16-12(17)6-7-19(30)27-16/h3-9,11,20,28-29,31H,2,10H2,1H3,(H,27,30). The van der Waals surface area contributed by atoms with Gasteiger partial charge in [-0.25, -0.2) is 0 Å². The Labute approximate surface area is 180 Å². The number of alkyl halides is 3. The molecule has 0 amide bonds. The number of phenols is 1. The molecule has 0 aliphatic heterocycles. The number of hydrogen-bond acceptors (Lipinski definition) is 4. The van der Waals surface area contributed by atoms with Gasteiger partial charge in [-0.1, -0.05) is 24.6 Å². The number of fused-ring (bicyclic) bond motifs is 2. The molecule has 0 spiro atoms. The molecule has 1 aromatic heterocycles. The number of H-pyrrole nitrogens is 1. The number of nitrogens with one attached hydrogen (secondary N) is 2. The molecule has 3 atom stereocenters. The zero-order valence-electron chi connectivity index (χ0n) is 16.4. The van der Waals surface area contributed by atoms with E-state index < -0.39 is 30.2 Å². The Morgan fingerprint density at radius 1 is 1.23 bits per heavy atom. The molecule has 9 heteroatoms. The molecule has 1 aliphatic carbocycles. The van der Waals surface area contributed by atoms with Gasteiger partial charge in [-0.05, 0) is 60.2 Å². The normalized spacial score (nSPS) is 23.5. The van der Waals surface area contributed by atoms with E-state index in [0.29, 0.717) is 28.6 Å². The fourth-order valence-corrected chi connectivity index (χ4v) is 4.54. The monoisotopic (exact) mass is 452 g/mol.